The Morgan fingerprint density at radius 3 is 2.36 bits per heavy atom. The molecule has 3 rings (SSSR count). The predicted molar refractivity (Wildman–Crippen MR) is 107 cm³/mol. The SMILES string of the molecule is CN1CCC(C(=O)c2cccc(NC(=S)Nc3ccccc3)c2)CC1. The molecule has 0 aliphatic carbocycles. The van der Waals surface area contributed by atoms with E-state index in [4.69, 9.17) is 12.2 Å². The first kappa shape index (κ1) is 17.6. The molecule has 0 spiro atoms. The summed E-state index contributed by atoms with van der Waals surface area (Å²) in [5.74, 6) is 0.361. The number of thiocarbonyl (C=S) groups is 1. The summed E-state index contributed by atoms with van der Waals surface area (Å²) in [6.45, 7) is 1.97. The van der Waals surface area contributed by atoms with Crippen LogP contribution in [0.5, 0.6) is 0 Å². The number of piperidine rings is 1. The second kappa shape index (κ2) is 8.23. The molecule has 1 saturated heterocycles. The van der Waals surface area contributed by atoms with Gasteiger partial charge in [-0.3, -0.25) is 4.79 Å². The highest BCUT2D eigenvalue weighted by Gasteiger charge is 2.24. The van der Waals surface area contributed by atoms with Gasteiger partial charge in [0.15, 0.2) is 10.9 Å². The molecule has 130 valence electrons. The molecule has 1 aliphatic rings. The van der Waals surface area contributed by atoms with Gasteiger partial charge in [-0.15, -0.1) is 0 Å². The highest BCUT2D eigenvalue weighted by atomic mass is 32.1. The van der Waals surface area contributed by atoms with Crippen molar-refractivity contribution < 1.29 is 4.79 Å². The molecule has 0 atom stereocenters. The Bertz CT molecular complexity index is 740. The van der Waals surface area contributed by atoms with Crippen LogP contribution in [-0.2, 0) is 0 Å². The summed E-state index contributed by atoms with van der Waals surface area (Å²) in [7, 11) is 2.10. The summed E-state index contributed by atoms with van der Waals surface area (Å²) >= 11 is 5.35. The maximum Gasteiger partial charge on any atom is 0.175 e. The number of rotatable bonds is 4. The first-order chi connectivity index (χ1) is 12.1. The minimum absolute atomic E-state index is 0.126. The molecular formula is C20H23N3OS. The number of hydrogen-bond donors (Lipinski definition) is 2. The third-order valence-corrected chi connectivity index (χ3v) is 4.73. The van der Waals surface area contributed by atoms with Gasteiger partial charge in [-0.05, 0) is 69.5 Å². The van der Waals surface area contributed by atoms with Gasteiger partial charge in [0.25, 0.3) is 0 Å². The van der Waals surface area contributed by atoms with Crippen LogP contribution in [0.25, 0.3) is 0 Å². The van der Waals surface area contributed by atoms with Crippen LogP contribution in [0, 0.1) is 5.92 Å². The van der Waals surface area contributed by atoms with E-state index >= 15 is 0 Å². The topological polar surface area (TPSA) is 44.4 Å². The van der Waals surface area contributed by atoms with Crippen molar-refractivity contribution >= 4 is 34.5 Å². The number of anilines is 2. The Kier molecular flexibility index (Phi) is 5.79. The molecule has 0 radical (unpaired) electrons. The quantitative estimate of drug-likeness (QED) is 0.642. The van der Waals surface area contributed by atoms with Crippen molar-refractivity contribution in [3.63, 3.8) is 0 Å². The summed E-state index contributed by atoms with van der Waals surface area (Å²) in [5.41, 5.74) is 2.51. The van der Waals surface area contributed by atoms with Gasteiger partial charge in [0.2, 0.25) is 0 Å². The lowest BCUT2D eigenvalue weighted by Crippen LogP contribution is -2.33. The average Bonchev–Trinajstić information content (AvgIpc) is 2.63. The summed E-state index contributed by atoms with van der Waals surface area (Å²) in [6, 6.07) is 17.4. The monoisotopic (exact) mass is 353 g/mol. The van der Waals surface area contributed by atoms with Crippen LogP contribution in [0.4, 0.5) is 11.4 Å². The van der Waals surface area contributed by atoms with Gasteiger partial charge >= 0.3 is 0 Å². The molecule has 0 saturated carbocycles. The van der Waals surface area contributed by atoms with E-state index in [9.17, 15) is 4.79 Å². The third kappa shape index (κ3) is 4.87. The van der Waals surface area contributed by atoms with Gasteiger partial charge in [-0.2, -0.15) is 0 Å². The van der Waals surface area contributed by atoms with Gasteiger partial charge in [0.1, 0.15) is 0 Å². The molecule has 2 aromatic rings. The highest BCUT2D eigenvalue weighted by Crippen LogP contribution is 2.22. The van der Waals surface area contributed by atoms with E-state index in [-0.39, 0.29) is 11.7 Å². The number of nitrogens with one attached hydrogen (secondary N) is 2. The largest absolute Gasteiger partial charge is 0.332 e. The van der Waals surface area contributed by atoms with E-state index in [1.54, 1.807) is 0 Å². The van der Waals surface area contributed by atoms with E-state index in [2.05, 4.69) is 22.6 Å². The van der Waals surface area contributed by atoms with Gasteiger partial charge in [-0.25, -0.2) is 0 Å². The lowest BCUT2D eigenvalue weighted by atomic mass is 9.89. The van der Waals surface area contributed by atoms with Crippen LogP contribution < -0.4 is 10.6 Å². The number of para-hydroxylation sites is 1. The van der Waals surface area contributed by atoms with Gasteiger partial charge in [-0.1, -0.05) is 30.3 Å². The summed E-state index contributed by atoms with van der Waals surface area (Å²) in [6.07, 6.45) is 1.86. The second-order valence-electron chi connectivity index (χ2n) is 6.47. The number of hydrogen-bond acceptors (Lipinski definition) is 3. The Morgan fingerprint density at radius 1 is 1.00 bits per heavy atom. The Labute approximate surface area is 154 Å². The van der Waals surface area contributed by atoms with Crippen LogP contribution in [0.15, 0.2) is 54.6 Å². The van der Waals surface area contributed by atoms with Crippen LogP contribution in [0.3, 0.4) is 0 Å². The summed E-state index contributed by atoms with van der Waals surface area (Å²) in [4.78, 5) is 15.0. The van der Waals surface area contributed by atoms with Crippen molar-refractivity contribution in [3.8, 4) is 0 Å². The third-order valence-electron chi connectivity index (χ3n) is 4.53. The Balaban J connectivity index is 1.63. The zero-order valence-electron chi connectivity index (χ0n) is 14.4. The number of likely N-dealkylation sites (tertiary alicyclic amines) is 1. The van der Waals surface area contributed by atoms with E-state index in [0.29, 0.717) is 5.11 Å². The van der Waals surface area contributed by atoms with Crippen LogP contribution in [0.2, 0.25) is 0 Å². The molecule has 1 fully saturated rings. The fourth-order valence-corrected chi connectivity index (χ4v) is 3.31. The second-order valence-corrected chi connectivity index (χ2v) is 6.88. The molecule has 5 heteroatoms. The van der Waals surface area contributed by atoms with Crippen molar-refractivity contribution in [3.05, 3.63) is 60.2 Å². The normalized spacial score (nSPS) is 15.6. The summed E-state index contributed by atoms with van der Waals surface area (Å²) in [5, 5.41) is 6.80. The lowest BCUT2D eigenvalue weighted by molar-refractivity contribution is 0.0857. The Morgan fingerprint density at radius 2 is 1.64 bits per heavy atom. The number of Topliss-reactive ketones (excluding diaryl/α,β-unsaturated/α-hetero) is 1. The van der Waals surface area contributed by atoms with E-state index < -0.39 is 0 Å². The van der Waals surface area contributed by atoms with Crippen molar-refractivity contribution in [2.24, 2.45) is 5.92 Å². The average molecular weight is 353 g/mol. The zero-order valence-corrected chi connectivity index (χ0v) is 15.2. The number of benzene rings is 2. The zero-order chi connectivity index (χ0) is 17.6. The number of carbonyl (C=O) groups excluding carboxylic acids is 1. The van der Waals surface area contributed by atoms with Gasteiger partial charge in [0.05, 0.1) is 0 Å². The van der Waals surface area contributed by atoms with E-state index in [1.807, 2.05) is 54.6 Å². The number of ketones is 1. The molecular weight excluding hydrogens is 330 g/mol. The lowest BCUT2D eigenvalue weighted by Gasteiger charge is -2.28. The molecule has 0 bridgehead atoms. The van der Waals surface area contributed by atoms with Crippen molar-refractivity contribution in [1.82, 2.24) is 4.90 Å². The maximum atomic E-state index is 12.7. The standard InChI is InChI=1S/C20H23N3OS/c1-23-12-10-15(11-13-23)19(24)16-6-5-9-18(14-16)22-20(25)21-17-7-3-2-4-8-17/h2-9,14-15H,10-13H2,1H3,(H2,21,22,25). The molecule has 0 unspecified atom stereocenters. The molecule has 0 aromatic heterocycles. The molecule has 0 amide bonds. The maximum absolute atomic E-state index is 12.7. The molecule has 4 nitrogen and oxygen atoms in total. The number of carbonyl (C=O) groups is 1. The first-order valence-corrected chi connectivity index (χ1v) is 8.98. The highest BCUT2D eigenvalue weighted by molar-refractivity contribution is 7.80. The van der Waals surface area contributed by atoms with E-state index in [1.165, 1.54) is 0 Å². The van der Waals surface area contributed by atoms with Crippen molar-refractivity contribution in [2.75, 3.05) is 30.8 Å². The van der Waals surface area contributed by atoms with Crippen LogP contribution in [-0.4, -0.2) is 35.9 Å². The van der Waals surface area contributed by atoms with Crippen molar-refractivity contribution in [1.29, 1.82) is 0 Å². The van der Waals surface area contributed by atoms with Crippen molar-refractivity contribution in [2.45, 2.75) is 12.8 Å². The smallest absolute Gasteiger partial charge is 0.175 e. The fraction of sp³-hybridized carbons (Fsp3) is 0.300. The Hall–Kier alpha value is -2.24. The molecule has 1 heterocycles. The molecule has 2 N–H and O–H groups in total. The fourth-order valence-electron chi connectivity index (χ4n) is 3.07. The van der Waals surface area contributed by atoms with Crippen LogP contribution in [0.1, 0.15) is 23.2 Å². The molecule has 2 aromatic carbocycles. The van der Waals surface area contributed by atoms with E-state index in [0.717, 1.165) is 42.9 Å². The summed E-state index contributed by atoms with van der Waals surface area (Å²) < 4.78 is 0. The molecule has 25 heavy (non-hydrogen) atoms. The molecule has 1 aliphatic heterocycles. The van der Waals surface area contributed by atoms with Gasteiger partial charge < -0.3 is 15.5 Å². The minimum Gasteiger partial charge on any atom is -0.332 e. The number of nitrogens with zero attached hydrogens (tertiary/aromatic N) is 1. The van der Waals surface area contributed by atoms with Gasteiger partial charge in [0, 0.05) is 22.9 Å². The first-order valence-electron chi connectivity index (χ1n) is 8.58. The minimum atomic E-state index is 0.126. The van der Waals surface area contributed by atoms with Crippen LogP contribution >= 0.6 is 12.2 Å². The predicted octanol–water partition coefficient (Wildman–Crippen LogP) is 4.02.